The van der Waals surface area contributed by atoms with Crippen molar-refractivity contribution < 1.29 is 53.1 Å². The smallest absolute Gasteiger partial charge is 0.294 e. The molecule has 0 radical (unpaired) electrons. The van der Waals surface area contributed by atoms with Crippen LogP contribution in [0.2, 0.25) is 0 Å². The molecule has 18 heteroatoms. The van der Waals surface area contributed by atoms with E-state index in [1.165, 1.54) is 18.2 Å². The third kappa shape index (κ3) is 9.46. The number of nitrogens with zero attached hydrogens (tertiary/aromatic N) is 2. The summed E-state index contributed by atoms with van der Waals surface area (Å²) in [6.45, 7) is 12.1. The molecule has 54 heavy (non-hydrogen) atoms. The van der Waals surface area contributed by atoms with Crippen LogP contribution in [0.3, 0.4) is 0 Å². The second-order valence-electron chi connectivity index (χ2n) is 14.3. The minimum atomic E-state index is -4.53. The van der Waals surface area contributed by atoms with E-state index in [4.69, 9.17) is 0 Å². The normalized spacial score (nSPS) is 17.3. The van der Waals surface area contributed by atoms with Crippen LogP contribution < -0.4 is 15.5 Å². The number of unbranched alkanes of at least 4 members (excludes halogenated alkanes) is 1. The Labute approximate surface area is 317 Å². The lowest BCUT2D eigenvalue weighted by atomic mass is 9.80. The fraction of sp³-hybridized carbons (Fsp3) is 0.472. The highest BCUT2D eigenvalue weighted by Gasteiger charge is 2.46. The molecule has 2 aromatic rings. The summed E-state index contributed by atoms with van der Waals surface area (Å²) in [4.78, 5) is 28.6. The number of allylic oxidation sites excluding steroid dienone is 4. The molecule has 2 aliphatic heterocycles. The van der Waals surface area contributed by atoms with Crippen LogP contribution in [0.15, 0.2) is 59.2 Å². The predicted molar refractivity (Wildman–Crippen MR) is 206 cm³/mol. The summed E-state index contributed by atoms with van der Waals surface area (Å²) >= 11 is 0. The van der Waals surface area contributed by atoms with Crippen LogP contribution in [0.25, 0.3) is 0 Å². The van der Waals surface area contributed by atoms with Crippen molar-refractivity contribution in [1.29, 1.82) is 0 Å². The molecule has 0 bridgehead atoms. The SMILES string of the molecule is CCCCN1C(=CC=CC2=[N+](CCCS(=O)(=O)O)c3ccc(S(=O)(=O)O)cc3C2(C)C)C(C)(C)c2c(C(=O)NCCS(=O)(=O)O)cc(C(=O)NCC)cc21. The first-order valence-electron chi connectivity index (χ1n) is 17.5. The van der Waals surface area contributed by atoms with Gasteiger partial charge in [-0.1, -0.05) is 33.3 Å². The van der Waals surface area contributed by atoms with Crippen molar-refractivity contribution >= 4 is 59.3 Å². The minimum Gasteiger partial charge on any atom is -0.352 e. The topological polar surface area (TPSA) is 228 Å². The number of carbonyl (C=O) groups excluding carboxylic acids is 2. The second kappa shape index (κ2) is 16.0. The van der Waals surface area contributed by atoms with E-state index in [0.717, 1.165) is 18.5 Å². The van der Waals surface area contributed by atoms with Crippen molar-refractivity contribution in [3.8, 4) is 0 Å². The van der Waals surface area contributed by atoms with E-state index in [0.29, 0.717) is 41.3 Å². The maximum Gasteiger partial charge on any atom is 0.294 e. The van der Waals surface area contributed by atoms with Crippen molar-refractivity contribution in [2.75, 3.05) is 42.6 Å². The van der Waals surface area contributed by atoms with Gasteiger partial charge >= 0.3 is 0 Å². The minimum absolute atomic E-state index is 0.0585. The first kappa shape index (κ1) is 42.8. The Balaban J connectivity index is 1.87. The van der Waals surface area contributed by atoms with E-state index in [9.17, 15) is 48.5 Å². The van der Waals surface area contributed by atoms with Gasteiger partial charge in [-0.2, -0.15) is 29.8 Å². The second-order valence-corrected chi connectivity index (χ2v) is 18.9. The molecule has 0 saturated carbocycles. The van der Waals surface area contributed by atoms with Crippen LogP contribution in [0.1, 0.15) is 92.6 Å². The van der Waals surface area contributed by atoms with Crippen molar-refractivity contribution in [3.63, 3.8) is 0 Å². The van der Waals surface area contributed by atoms with Crippen LogP contribution in [0.5, 0.6) is 0 Å². The zero-order valence-corrected chi connectivity index (χ0v) is 33.7. The van der Waals surface area contributed by atoms with Crippen LogP contribution >= 0.6 is 0 Å². The molecule has 2 heterocycles. The van der Waals surface area contributed by atoms with E-state index < -0.39 is 64.5 Å². The molecule has 0 saturated heterocycles. The molecule has 0 aliphatic carbocycles. The Morgan fingerprint density at radius 3 is 2.11 bits per heavy atom. The Kier molecular flexibility index (Phi) is 12.7. The Bertz CT molecular complexity index is 2260. The number of anilines is 1. The number of nitrogens with one attached hydrogen (secondary N) is 2. The highest BCUT2D eigenvalue weighted by molar-refractivity contribution is 7.86. The van der Waals surface area contributed by atoms with Gasteiger partial charge in [0.1, 0.15) is 6.54 Å². The molecule has 296 valence electrons. The zero-order valence-electron chi connectivity index (χ0n) is 31.2. The van der Waals surface area contributed by atoms with Crippen molar-refractivity contribution in [2.24, 2.45) is 0 Å². The summed E-state index contributed by atoms with van der Waals surface area (Å²) in [5.74, 6) is -2.20. The van der Waals surface area contributed by atoms with Crippen molar-refractivity contribution in [3.05, 3.63) is 76.5 Å². The zero-order chi connectivity index (χ0) is 40.4. The molecular weight excluding hydrogens is 761 g/mol. The third-order valence-corrected chi connectivity index (χ3v) is 12.0. The van der Waals surface area contributed by atoms with Gasteiger partial charge in [0.05, 0.1) is 21.8 Å². The number of carbonyl (C=O) groups is 2. The lowest BCUT2D eigenvalue weighted by molar-refractivity contribution is -0.437. The van der Waals surface area contributed by atoms with Gasteiger partial charge in [-0.05, 0) is 57.5 Å². The number of benzene rings is 2. The molecule has 0 spiro atoms. The lowest BCUT2D eigenvalue weighted by Gasteiger charge is -2.27. The molecular formula is C36H49N4O11S3+. The van der Waals surface area contributed by atoms with Gasteiger partial charge in [-0.25, -0.2) is 0 Å². The van der Waals surface area contributed by atoms with Gasteiger partial charge in [0.25, 0.3) is 42.2 Å². The fourth-order valence-corrected chi connectivity index (χ4v) is 8.46. The van der Waals surface area contributed by atoms with Gasteiger partial charge in [0, 0.05) is 77.3 Å². The van der Waals surface area contributed by atoms with E-state index in [-0.39, 0.29) is 35.5 Å². The van der Waals surface area contributed by atoms with Gasteiger partial charge in [-0.3, -0.25) is 23.2 Å². The van der Waals surface area contributed by atoms with E-state index in [2.05, 4.69) is 10.6 Å². The Morgan fingerprint density at radius 1 is 0.852 bits per heavy atom. The average molecular weight is 810 g/mol. The molecule has 0 unspecified atom stereocenters. The van der Waals surface area contributed by atoms with Crippen LogP contribution in [-0.2, 0) is 41.2 Å². The van der Waals surface area contributed by atoms with Gasteiger partial charge in [0.2, 0.25) is 5.69 Å². The fourth-order valence-electron chi connectivity index (χ4n) is 7.10. The Hall–Kier alpha value is -3.94. The number of hydrogen-bond donors (Lipinski definition) is 5. The molecule has 0 aromatic heterocycles. The molecule has 4 rings (SSSR count). The molecule has 2 aromatic carbocycles. The van der Waals surface area contributed by atoms with Gasteiger partial charge < -0.3 is 15.5 Å². The maximum atomic E-state index is 13.7. The molecule has 0 atom stereocenters. The van der Waals surface area contributed by atoms with Crippen LogP contribution in [0.4, 0.5) is 11.4 Å². The number of rotatable bonds is 16. The number of fused-ring (bicyclic) bond motifs is 2. The van der Waals surface area contributed by atoms with Crippen LogP contribution in [0, 0.1) is 0 Å². The summed E-state index contributed by atoms with van der Waals surface area (Å²) in [5.41, 5.74) is 2.64. The third-order valence-electron chi connectivity index (χ3n) is 9.64. The standard InChI is InChI=1S/C36H48N4O11S3/c1-7-9-17-40-29-22-24(33(41)37-8-2)21-26(34(42)38-16-20-53(46,47)48)32(29)36(5,6)31(40)13-10-12-30-35(3,4)27-23-25(54(49,50)51)14-15-28(27)39(30)18-11-19-52(43,44)45/h10,12-15,21-23H,7-9,11,16-20H2,1-6H3,(H4-,37,38,41,42,43,44,45,46,47,48,49,50,51)/p+1. The van der Waals surface area contributed by atoms with Crippen molar-refractivity contribution in [2.45, 2.75) is 76.5 Å². The summed E-state index contributed by atoms with van der Waals surface area (Å²) < 4.78 is 100. The largest absolute Gasteiger partial charge is 0.352 e. The van der Waals surface area contributed by atoms with E-state index >= 15 is 0 Å². The lowest BCUT2D eigenvalue weighted by Crippen LogP contribution is -2.32. The quantitative estimate of drug-likeness (QED) is 0.120. The maximum absolute atomic E-state index is 13.7. The Morgan fingerprint density at radius 2 is 1.52 bits per heavy atom. The molecule has 0 fully saturated rings. The van der Waals surface area contributed by atoms with Crippen LogP contribution in [-0.4, -0.2) is 98.7 Å². The highest BCUT2D eigenvalue weighted by Crippen LogP contribution is 2.50. The van der Waals surface area contributed by atoms with E-state index in [1.54, 1.807) is 25.1 Å². The number of amides is 2. The predicted octanol–water partition coefficient (Wildman–Crippen LogP) is 3.99. The summed E-state index contributed by atoms with van der Waals surface area (Å²) in [5, 5.41) is 5.32. The first-order chi connectivity index (χ1) is 24.9. The summed E-state index contributed by atoms with van der Waals surface area (Å²) in [7, 11) is -13.1. The molecule has 2 amide bonds. The first-order valence-corrected chi connectivity index (χ1v) is 22.2. The summed E-state index contributed by atoms with van der Waals surface area (Å²) in [6.07, 6.45) is 7.17. The summed E-state index contributed by atoms with van der Waals surface area (Å²) in [6, 6.07) is 7.41. The monoisotopic (exact) mass is 809 g/mol. The molecule has 15 nitrogen and oxygen atoms in total. The highest BCUT2D eigenvalue weighted by atomic mass is 32.2. The van der Waals surface area contributed by atoms with Crippen molar-refractivity contribution in [1.82, 2.24) is 10.6 Å². The van der Waals surface area contributed by atoms with Gasteiger partial charge in [0.15, 0.2) is 5.71 Å². The average Bonchev–Trinajstić information content (AvgIpc) is 3.39. The van der Waals surface area contributed by atoms with Gasteiger partial charge in [-0.15, -0.1) is 0 Å². The molecule has 2 aliphatic rings. The molecule has 5 N–H and O–H groups in total. The number of hydrogen-bond acceptors (Lipinski definition) is 9. The van der Waals surface area contributed by atoms with E-state index in [1.807, 2.05) is 56.2 Å².